The Morgan fingerprint density at radius 2 is 1.20 bits per heavy atom. The largest absolute Gasteiger partial charge is 0.455 e. The van der Waals surface area contributed by atoms with Gasteiger partial charge in [-0.3, -0.25) is 0 Å². The van der Waals surface area contributed by atoms with Crippen molar-refractivity contribution < 1.29 is 4.42 Å². The van der Waals surface area contributed by atoms with Crippen LogP contribution in [0.25, 0.3) is 100 Å². The van der Waals surface area contributed by atoms with E-state index < -0.39 is 0 Å². The van der Waals surface area contributed by atoms with E-state index in [2.05, 4.69) is 152 Å². The Balaban J connectivity index is 1.11. The quantitative estimate of drug-likeness (QED) is 0.155. The highest BCUT2D eigenvalue weighted by molar-refractivity contribution is 6.10. The molecule has 10 aromatic rings. The van der Waals surface area contributed by atoms with Gasteiger partial charge in [-0.1, -0.05) is 146 Å². The summed E-state index contributed by atoms with van der Waals surface area (Å²) in [5, 5.41) is 5.61. The second-order valence-corrected chi connectivity index (χ2v) is 13.8. The Labute approximate surface area is 319 Å². The van der Waals surface area contributed by atoms with E-state index >= 15 is 0 Å². The maximum absolute atomic E-state index is 6.48. The zero-order valence-corrected chi connectivity index (χ0v) is 30.3. The van der Waals surface area contributed by atoms with Gasteiger partial charge in [-0.15, -0.1) is 0 Å². The number of nitrogens with zero attached hydrogens (tertiary/aromatic N) is 3. The third-order valence-electron chi connectivity index (χ3n) is 10.6. The van der Waals surface area contributed by atoms with Crippen LogP contribution >= 0.6 is 0 Å². The predicted molar refractivity (Wildman–Crippen MR) is 229 cm³/mol. The first-order valence-electron chi connectivity index (χ1n) is 18.5. The van der Waals surface area contributed by atoms with E-state index in [4.69, 9.17) is 14.4 Å². The van der Waals surface area contributed by atoms with Crippen molar-refractivity contribution in [2.24, 2.45) is 0 Å². The number of allylic oxidation sites excluding steroid dienone is 2. The molecule has 0 aliphatic rings. The monoisotopic (exact) mass is 705 g/mol. The van der Waals surface area contributed by atoms with Crippen molar-refractivity contribution in [1.82, 2.24) is 14.5 Å². The van der Waals surface area contributed by atoms with Crippen molar-refractivity contribution in [3.05, 3.63) is 194 Å². The van der Waals surface area contributed by atoms with Crippen molar-refractivity contribution in [3.63, 3.8) is 0 Å². The molecule has 0 aliphatic heterocycles. The Kier molecular flexibility index (Phi) is 7.81. The van der Waals surface area contributed by atoms with Crippen molar-refractivity contribution in [2.45, 2.75) is 6.92 Å². The molecule has 0 amide bonds. The van der Waals surface area contributed by atoms with E-state index in [9.17, 15) is 0 Å². The molecule has 0 N–H and O–H groups in total. The molecule has 0 saturated heterocycles. The van der Waals surface area contributed by atoms with E-state index in [-0.39, 0.29) is 0 Å². The molecule has 7 aromatic carbocycles. The van der Waals surface area contributed by atoms with E-state index in [0.717, 1.165) is 77.6 Å². The molecular weight excluding hydrogens is 671 g/mol. The number of benzene rings is 7. The van der Waals surface area contributed by atoms with Crippen LogP contribution in [0, 0.1) is 6.92 Å². The lowest BCUT2D eigenvalue weighted by atomic mass is 9.94. The summed E-state index contributed by atoms with van der Waals surface area (Å²) in [6.45, 7) is 6.06. The van der Waals surface area contributed by atoms with Gasteiger partial charge < -0.3 is 8.98 Å². The Morgan fingerprint density at radius 1 is 0.545 bits per heavy atom. The fraction of sp³-hybridized carbons (Fsp3) is 0.0196. The Morgan fingerprint density at radius 3 is 2.00 bits per heavy atom. The van der Waals surface area contributed by atoms with Gasteiger partial charge in [0, 0.05) is 49.8 Å². The molecule has 0 spiro atoms. The fourth-order valence-electron chi connectivity index (χ4n) is 8.05. The minimum absolute atomic E-state index is 0.666. The minimum atomic E-state index is 0.666. The highest BCUT2D eigenvalue weighted by Crippen LogP contribution is 2.40. The minimum Gasteiger partial charge on any atom is -0.455 e. The molecule has 0 saturated carbocycles. The van der Waals surface area contributed by atoms with E-state index in [1.807, 2.05) is 48.6 Å². The molecule has 0 bridgehead atoms. The maximum atomic E-state index is 6.48. The molecule has 0 unspecified atom stereocenters. The lowest BCUT2D eigenvalue weighted by Crippen LogP contribution is -1.98. The Hall–Kier alpha value is -7.30. The van der Waals surface area contributed by atoms with Crippen molar-refractivity contribution in [2.75, 3.05) is 0 Å². The fourth-order valence-corrected chi connectivity index (χ4v) is 8.05. The van der Waals surface area contributed by atoms with Gasteiger partial charge in [0.1, 0.15) is 11.2 Å². The number of aromatic nitrogens is 3. The summed E-state index contributed by atoms with van der Waals surface area (Å²) >= 11 is 0. The van der Waals surface area contributed by atoms with Crippen LogP contribution in [0.4, 0.5) is 0 Å². The average molecular weight is 706 g/mol. The van der Waals surface area contributed by atoms with Gasteiger partial charge in [0.25, 0.3) is 0 Å². The summed E-state index contributed by atoms with van der Waals surface area (Å²) in [5.74, 6) is 0.666. The second kappa shape index (κ2) is 13.3. The lowest BCUT2D eigenvalue weighted by Gasteiger charge is -2.14. The molecule has 0 radical (unpaired) electrons. The number of fused-ring (bicyclic) bond motifs is 5. The van der Waals surface area contributed by atoms with Crippen LogP contribution in [0.1, 0.15) is 11.3 Å². The van der Waals surface area contributed by atoms with Crippen LogP contribution in [-0.4, -0.2) is 14.5 Å². The number of rotatable bonds is 7. The number of hydrogen-bond acceptors (Lipinski definition) is 3. The van der Waals surface area contributed by atoms with Crippen LogP contribution in [0.2, 0.25) is 0 Å². The number of hydrogen-bond donors (Lipinski definition) is 0. The van der Waals surface area contributed by atoms with Gasteiger partial charge in [-0.25, -0.2) is 9.97 Å². The molecule has 0 atom stereocenters. The first kappa shape index (κ1) is 32.4. The second-order valence-electron chi connectivity index (χ2n) is 13.8. The summed E-state index contributed by atoms with van der Waals surface area (Å²) in [5.41, 5.74) is 13.3. The van der Waals surface area contributed by atoms with Gasteiger partial charge in [-0.2, -0.15) is 0 Å². The molecule has 260 valence electrons. The lowest BCUT2D eigenvalue weighted by molar-refractivity contribution is 0.670. The van der Waals surface area contributed by atoms with Crippen LogP contribution < -0.4 is 0 Å². The smallest absolute Gasteiger partial charge is 0.161 e. The highest BCUT2D eigenvalue weighted by atomic mass is 16.3. The first-order chi connectivity index (χ1) is 27.2. The van der Waals surface area contributed by atoms with Crippen LogP contribution in [0.15, 0.2) is 187 Å². The topological polar surface area (TPSA) is 43.9 Å². The molecule has 10 rings (SSSR count). The summed E-state index contributed by atoms with van der Waals surface area (Å²) in [7, 11) is 0. The van der Waals surface area contributed by atoms with Crippen molar-refractivity contribution in [3.8, 4) is 50.7 Å². The van der Waals surface area contributed by atoms with Crippen LogP contribution in [0.5, 0.6) is 0 Å². The van der Waals surface area contributed by atoms with Gasteiger partial charge in [-0.05, 0) is 71.3 Å². The van der Waals surface area contributed by atoms with Crippen molar-refractivity contribution in [1.29, 1.82) is 0 Å². The number of para-hydroxylation sites is 3. The standard InChI is InChI=1S/C51H35N3O/c1-3-4-17-37-33(2)54(48-24-12-10-20-41(37)48)36-28-26-34(27-29-36)38-30-31-44(40-19-9-8-18-39(38)40)51-52-46(35-15-6-5-7-16-35)32-47(53-51)45-23-14-22-43-42-21-11-13-25-49(42)55-50(43)45/h3-32H,1H2,2H3/b17-4-. The number of furan rings is 1. The van der Waals surface area contributed by atoms with Gasteiger partial charge in [0.15, 0.2) is 5.82 Å². The zero-order valence-electron chi connectivity index (χ0n) is 30.3. The molecule has 4 nitrogen and oxygen atoms in total. The predicted octanol–water partition coefficient (Wildman–Crippen LogP) is 13.6. The van der Waals surface area contributed by atoms with E-state index in [1.165, 1.54) is 22.2 Å². The summed E-state index contributed by atoms with van der Waals surface area (Å²) < 4.78 is 8.81. The Bertz CT molecular complexity index is 3110. The summed E-state index contributed by atoms with van der Waals surface area (Å²) in [6.07, 6.45) is 5.97. The zero-order chi connectivity index (χ0) is 36.9. The molecule has 4 heteroatoms. The first-order valence-corrected chi connectivity index (χ1v) is 18.5. The average Bonchev–Trinajstić information content (AvgIpc) is 3.77. The highest BCUT2D eigenvalue weighted by Gasteiger charge is 2.19. The normalized spacial score (nSPS) is 11.7. The molecular formula is C51H35N3O. The van der Waals surface area contributed by atoms with Gasteiger partial charge >= 0.3 is 0 Å². The molecule has 3 aromatic heterocycles. The summed E-state index contributed by atoms with van der Waals surface area (Å²) in [4.78, 5) is 10.5. The summed E-state index contributed by atoms with van der Waals surface area (Å²) in [6, 6.07) is 57.3. The molecule has 3 heterocycles. The molecule has 55 heavy (non-hydrogen) atoms. The van der Waals surface area contributed by atoms with Gasteiger partial charge in [0.05, 0.1) is 16.9 Å². The van der Waals surface area contributed by atoms with Crippen LogP contribution in [-0.2, 0) is 0 Å². The van der Waals surface area contributed by atoms with Gasteiger partial charge in [0.2, 0.25) is 0 Å². The SMILES string of the molecule is C=C/C=C\c1c(C)n(-c2ccc(-c3ccc(-c4nc(-c5ccccc5)cc(-c5cccc6c5oc5ccccc56)n4)c4ccccc34)cc2)c2ccccc12. The third kappa shape index (κ3) is 5.46. The third-order valence-corrected chi connectivity index (χ3v) is 10.6. The molecule has 0 aliphatic carbocycles. The van der Waals surface area contributed by atoms with E-state index in [1.54, 1.807) is 0 Å². The molecule has 0 fully saturated rings. The van der Waals surface area contributed by atoms with Crippen molar-refractivity contribution >= 4 is 49.7 Å². The van der Waals surface area contributed by atoms with E-state index in [0.29, 0.717) is 5.82 Å². The van der Waals surface area contributed by atoms with Crippen LogP contribution in [0.3, 0.4) is 0 Å². The maximum Gasteiger partial charge on any atom is 0.161 e.